The fourth-order valence-electron chi connectivity index (χ4n) is 1.71. The van der Waals surface area contributed by atoms with E-state index < -0.39 is 5.82 Å². The second-order valence-electron chi connectivity index (χ2n) is 4.20. The Morgan fingerprint density at radius 3 is 2.55 bits per heavy atom. The molecule has 0 fully saturated rings. The number of amides is 1. The summed E-state index contributed by atoms with van der Waals surface area (Å²) in [6.07, 6.45) is 0. The van der Waals surface area contributed by atoms with Crippen LogP contribution in [0.1, 0.15) is 15.9 Å². The number of rotatable bonds is 4. The van der Waals surface area contributed by atoms with Gasteiger partial charge in [0.25, 0.3) is 5.91 Å². The van der Waals surface area contributed by atoms with Crippen molar-refractivity contribution in [3.8, 4) is 5.75 Å². The number of hydrogen-bond donors (Lipinski definition) is 2. The number of ether oxygens (including phenoxy) is 1. The molecule has 2 rings (SSSR count). The topological polar surface area (TPSA) is 64.3 Å². The van der Waals surface area contributed by atoms with Crippen molar-refractivity contribution in [1.29, 1.82) is 0 Å². The minimum absolute atomic E-state index is 0.0808. The molecule has 2 aromatic carbocycles. The molecule has 0 bridgehead atoms. The van der Waals surface area contributed by atoms with Crippen LogP contribution in [0.3, 0.4) is 0 Å². The molecule has 0 aliphatic heterocycles. The minimum Gasteiger partial charge on any atom is -0.497 e. The number of nitrogens with two attached hydrogens (primary N) is 1. The molecule has 0 saturated carbocycles. The highest BCUT2D eigenvalue weighted by atomic mass is 19.1. The predicted molar refractivity (Wildman–Crippen MR) is 75.2 cm³/mol. The van der Waals surface area contributed by atoms with E-state index >= 15 is 0 Å². The Hall–Kier alpha value is -2.40. The van der Waals surface area contributed by atoms with E-state index in [9.17, 15) is 9.18 Å². The number of nitrogens with one attached hydrogen (secondary N) is 1. The first-order chi connectivity index (χ1) is 9.63. The van der Waals surface area contributed by atoms with Crippen LogP contribution in [0.25, 0.3) is 0 Å². The third-order valence-electron chi connectivity index (χ3n) is 2.87. The molecule has 0 radical (unpaired) electrons. The smallest absolute Gasteiger partial charge is 0.255 e. The lowest BCUT2D eigenvalue weighted by molar-refractivity contribution is 0.102. The van der Waals surface area contributed by atoms with E-state index in [1.165, 1.54) is 25.3 Å². The van der Waals surface area contributed by atoms with Crippen molar-refractivity contribution in [2.75, 3.05) is 12.4 Å². The van der Waals surface area contributed by atoms with Crippen molar-refractivity contribution in [3.05, 3.63) is 59.4 Å². The Labute approximate surface area is 116 Å². The van der Waals surface area contributed by atoms with Crippen LogP contribution in [0, 0.1) is 5.82 Å². The number of halogens is 1. The van der Waals surface area contributed by atoms with Crippen molar-refractivity contribution in [2.45, 2.75) is 6.54 Å². The fourth-order valence-corrected chi connectivity index (χ4v) is 1.71. The van der Waals surface area contributed by atoms with E-state index in [1.54, 1.807) is 24.3 Å². The van der Waals surface area contributed by atoms with E-state index in [2.05, 4.69) is 5.32 Å². The van der Waals surface area contributed by atoms with E-state index in [1.807, 2.05) is 0 Å². The zero-order valence-corrected chi connectivity index (χ0v) is 11.0. The number of benzene rings is 2. The maximum absolute atomic E-state index is 13.6. The molecule has 0 atom stereocenters. The van der Waals surface area contributed by atoms with Crippen molar-refractivity contribution < 1.29 is 13.9 Å². The SMILES string of the molecule is COc1ccc(F)c(NC(=O)c2ccc(CN)cc2)c1. The quantitative estimate of drug-likeness (QED) is 0.900. The Morgan fingerprint density at radius 2 is 1.95 bits per heavy atom. The van der Waals surface area contributed by atoms with Gasteiger partial charge >= 0.3 is 0 Å². The molecule has 2 aromatic rings. The second-order valence-corrected chi connectivity index (χ2v) is 4.20. The maximum Gasteiger partial charge on any atom is 0.255 e. The molecule has 20 heavy (non-hydrogen) atoms. The van der Waals surface area contributed by atoms with Gasteiger partial charge in [-0.05, 0) is 29.8 Å². The van der Waals surface area contributed by atoms with Gasteiger partial charge in [-0.15, -0.1) is 0 Å². The van der Waals surface area contributed by atoms with Gasteiger partial charge in [-0.3, -0.25) is 4.79 Å². The summed E-state index contributed by atoms with van der Waals surface area (Å²) in [5.41, 5.74) is 6.93. The molecular weight excluding hydrogens is 259 g/mol. The molecule has 0 heterocycles. The Bertz CT molecular complexity index is 612. The Kier molecular flexibility index (Phi) is 4.32. The highest BCUT2D eigenvalue weighted by Gasteiger charge is 2.10. The number of carbonyl (C=O) groups excluding carboxylic acids is 1. The highest BCUT2D eigenvalue weighted by molar-refractivity contribution is 6.04. The largest absolute Gasteiger partial charge is 0.497 e. The second kappa shape index (κ2) is 6.16. The molecule has 1 amide bonds. The Balaban J connectivity index is 2.18. The highest BCUT2D eigenvalue weighted by Crippen LogP contribution is 2.21. The van der Waals surface area contributed by atoms with Crippen LogP contribution in [-0.2, 0) is 6.54 Å². The van der Waals surface area contributed by atoms with E-state index in [0.717, 1.165) is 5.56 Å². The maximum atomic E-state index is 13.6. The molecule has 5 heteroatoms. The predicted octanol–water partition coefficient (Wildman–Crippen LogP) is 2.55. The summed E-state index contributed by atoms with van der Waals surface area (Å²) in [6, 6.07) is 11.0. The lowest BCUT2D eigenvalue weighted by atomic mass is 10.1. The molecule has 0 spiro atoms. The standard InChI is InChI=1S/C15H15FN2O2/c1-20-12-6-7-13(16)14(8-12)18-15(19)11-4-2-10(9-17)3-5-11/h2-8H,9,17H2,1H3,(H,18,19). The minimum atomic E-state index is -0.516. The van der Waals surface area contributed by atoms with Crippen molar-refractivity contribution >= 4 is 11.6 Å². The van der Waals surface area contributed by atoms with Crippen LogP contribution in [0.5, 0.6) is 5.75 Å². The van der Waals surface area contributed by atoms with E-state index in [0.29, 0.717) is 17.9 Å². The van der Waals surface area contributed by atoms with Crippen LogP contribution in [-0.4, -0.2) is 13.0 Å². The molecule has 3 N–H and O–H groups in total. The fraction of sp³-hybridized carbons (Fsp3) is 0.133. The normalized spacial score (nSPS) is 10.2. The zero-order chi connectivity index (χ0) is 14.5. The number of carbonyl (C=O) groups is 1. The summed E-state index contributed by atoms with van der Waals surface area (Å²) in [4.78, 5) is 12.0. The summed E-state index contributed by atoms with van der Waals surface area (Å²) in [7, 11) is 1.48. The van der Waals surface area contributed by atoms with Gasteiger partial charge in [0.15, 0.2) is 0 Å². The third-order valence-corrected chi connectivity index (χ3v) is 2.87. The van der Waals surface area contributed by atoms with Gasteiger partial charge in [0.2, 0.25) is 0 Å². The van der Waals surface area contributed by atoms with Crippen molar-refractivity contribution in [2.24, 2.45) is 5.73 Å². The zero-order valence-electron chi connectivity index (χ0n) is 11.0. The molecule has 104 valence electrons. The summed E-state index contributed by atoms with van der Waals surface area (Å²) >= 11 is 0. The monoisotopic (exact) mass is 274 g/mol. The average molecular weight is 274 g/mol. The number of methoxy groups -OCH3 is 1. The lowest BCUT2D eigenvalue weighted by Crippen LogP contribution is -2.13. The van der Waals surface area contributed by atoms with Gasteiger partial charge in [0.1, 0.15) is 11.6 Å². The van der Waals surface area contributed by atoms with Crippen LogP contribution in [0.2, 0.25) is 0 Å². The molecule has 0 aliphatic carbocycles. The van der Waals surface area contributed by atoms with Gasteiger partial charge in [-0.25, -0.2) is 4.39 Å². The van der Waals surface area contributed by atoms with Crippen LogP contribution >= 0.6 is 0 Å². The van der Waals surface area contributed by atoms with Gasteiger partial charge in [-0.1, -0.05) is 12.1 Å². The van der Waals surface area contributed by atoms with Crippen LogP contribution in [0.4, 0.5) is 10.1 Å². The molecule has 0 aromatic heterocycles. The summed E-state index contributed by atoms with van der Waals surface area (Å²) in [6.45, 7) is 0.409. The average Bonchev–Trinajstić information content (AvgIpc) is 2.49. The van der Waals surface area contributed by atoms with Crippen molar-refractivity contribution in [1.82, 2.24) is 0 Å². The molecule has 0 unspecified atom stereocenters. The van der Waals surface area contributed by atoms with Gasteiger partial charge in [0, 0.05) is 18.2 Å². The molecular formula is C15H15FN2O2. The first-order valence-corrected chi connectivity index (χ1v) is 6.08. The first-order valence-electron chi connectivity index (χ1n) is 6.08. The van der Waals surface area contributed by atoms with Crippen LogP contribution < -0.4 is 15.8 Å². The molecule has 0 saturated heterocycles. The third kappa shape index (κ3) is 3.13. The Morgan fingerprint density at radius 1 is 1.25 bits per heavy atom. The van der Waals surface area contributed by atoms with Crippen LogP contribution in [0.15, 0.2) is 42.5 Å². The summed E-state index contributed by atoms with van der Waals surface area (Å²) in [5, 5.41) is 2.51. The van der Waals surface area contributed by atoms with Gasteiger partial charge < -0.3 is 15.8 Å². The number of hydrogen-bond acceptors (Lipinski definition) is 3. The van der Waals surface area contributed by atoms with E-state index in [4.69, 9.17) is 10.5 Å². The summed E-state index contributed by atoms with van der Waals surface area (Å²) < 4.78 is 18.6. The number of anilines is 1. The van der Waals surface area contributed by atoms with Crippen molar-refractivity contribution in [3.63, 3.8) is 0 Å². The summed E-state index contributed by atoms with van der Waals surface area (Å²) in [5.74, 6) is -0.432. The molecule has 4 nitrogen and oxygen atoms in total. The molecule has 0 aliphatic rings. The van der Waals surface area contributed by atoms with E-state index in [-0.39, 0.29) is 11.6 Å². The lowest BCUT2D eigenvalue weighted by Gasteiger charge is -2.08. The van der Waals surface area contributed by atoms with Gasteiger partial charge in [-0.2, -0.15) is 0 Å². The van der Waals surface area contributed by atoms with Gasteiger partial charge in [0.05, 0.1) is 12.8 Å². The first kappa shape index (κ1) is 14.0.